The van der Waals surface area contributed by atoms with E-state index in [-0.39, 0.29) is 18.6 Å². The molecule has 6 nitrogen and oxygen atoms in total. The molecule has 3 aliphatic heterocycles. The Hall–Kier alpha value is -2.21. The molecule has 0 radical (unpaired) electrons. The summed E-state index contributed by atoms with van der Waals surface area (Å²) in [6.45, 7) is 0.209. The number of amides is 1. The standard InChI is InChI=1S/C16H15NO5/c18-13(9-4-2-1-3-5-9)17-8-16-7-6-10(22-16)11-12(16)15(20)21-14(11)19/h1-5,10-12H,6-8H2,(H,17,18)/t10-,11-,12-,16-/m1/s1. The maximum Gasteiger partial charge on any atom is 0.320 e. The monoisotopic (exact) mass is 301 g/mol. The number of benzene rings is 1. The van der Waals surface area contributed by atoms with Gasteiger partial charge in [-0.2, -0.15) is 0 Å². The minimum absolute atomic E-state index is 0.209. The summed E-state index contributed by atoms with van der Waals surface area (Å²) in [4.78, 5) is 35.8. The number of nitrogens with one attached hydrogen (secondary N) is 1. The molecule has 6 heteroatoms. The van der Waals surface area contributed by atoms with E-state index in [0.29, 0.717) is 18.4 Å². The van der Waals surface area contributed by atoms with Crippen LogP contribution in [0.1, 0.15) is 23.2 Å². The van der Waals surface area contributed by atoms with E-state index in [4.69, 9.17) is 9.47 Å². The van der Waals surface area contributed by atoms with Crippen LogP contribution in [-0.2, 0) is 19.1 Å². The van der Waals surface area contributed by atoms with Crippen LogP contribution in [0.2, 0.25) is 0 Å². The Balaban J connectivity index is 1.52. The maximum absolute atomic E-state index is 12.2. The van der Waals surface area contributed by atoms with Gasteiger partial charge in [0.15, 0.2) is 0 Å². The topological polar surface area (TPSA) is 81.7 Å². The molecule has 3 aliphatic rings. The highest BCUT2D eigenvalue weighted by atomic mass is 16.6. The molecule has 2 bridgehead atoms. The van der Waals surface area contributed by atoms with Crippen molar-refractivity contribution in [1.82, 2.24) is 5.32 Å². The second kappa shape index (κ2) is 4.64. The molecule has 0 unspecified atom stereocenters. The Kier molecular flexibility index (Phi) is 2.84. The van der Waals surface area contributed by atoms with E-state index in [9.17, 15) is 14.4 Å². The van der Waals surface area contributed by atoms with Gasteiger partial charge in [0.1, 0.15) is 11.5 Å². The third-order valence-corrected chi connectivity index (χ3v) is 4.88. The molecule has 1 amide bonds. The second-order valence-electron chi connectivity index (χ2n) is 6.05. The number of fused-ring (bicyclic) bond motifs is 5. The van der Waals surface area contributed by atoms with Gasteiger partial charge in [-0.3, -0.25) is 14.4 Å². The molecule has 4 rings (SSSR count). The van der Waals surface area contributed by atoms with Crippen molar-refractivity contribution in [2.75, 3.05) is 6.54 Å². The van der Waals surface area contributed by atoms with Crippen molar-refractivity contribution < 1.29 is 23.9 Å². The first kappa shape index (κ1) is 13.5. The number of carbonyl (C=O) groups excluding carboxylic acids is 3. The molecule has 3 heterocycles. The summed E-state index contributed by atoms with van der Waals surface area (Å²) in [5, 5.41) is 2.82. The van der Waals surface area contributed by atoms with Crippen LogP contribution in [0.15, 0.2) is 30.3 Å². The highest BCUT2D eigenvalue weighted by Crippen LogP contribution is 2.54. The van der Waals surface area contributed by atoms with E-state index < -0.39 is 29.4 Å². The average Bonchev–Trinajstić information content (AvgIpc) is 3.18. The Morgan fingerprint density at radius 2 is 2.00 bits per heavy atom. The molecular weight excluding hydrogens is 286 g/mol. The van der Waals surface area contributed by atoms with Crippen molar-refractivity contribution in [2.45, 2.75) is 24.5 Å². The van der Waals surface area contributed by atoms with Crippen molar-refractivity contribution in [1.29, 1.82) is 0 Å². The zero-order chi connectivity index (χ0) is 15.3. The third-order valence-electron chi connectivity index (χ3n) is 4.88. The Morgan fingerprint density at radius 1 is 1.23 bits per heavy atom. The van der Waals surface area contributed by atoms with Gasteiger partial charge in [0.25, 0.3) is 5.91 Å². The molecule has 0 aliphatic carbocycles. The average molecular weight is 301 g/mol. The van der Waals surface area contributed by atoms with E-state index in [1.807, 2.05) is 6.07 Å². The Labute approximate surface area is 126 Å². The minimum Gasteiger partial charge on any atom is -0.393 e. The summed E-state index contributed by atoms with van der Waals surface area (Å²) in [6.07, 6.45) is 1.10. The summed E-state index contributed by atoms with van der Waals surface area (Å²) in [5.74, 6) is -2.32. The number of ether oxygens (including phenoxy) is 2. The number of hydrogen-bond acceptors (Lipinski definition) is 5. The largest absolute Gasteiger partial charge is 0.393 e. The van der Waals surface area contributed by atoms with E-state index in [1.165, 1.54) is 0 Å². The lowest BCUT2D eigenvalue weighted by molar-refractivity contribution is -0.158. The van der Waals surface area contributed by atoms with Crippen molar-refractivity contribution >= 4 is 17.8 Å². The minimum atomic E-state index is -0.803. The van der Waals surface area contributed by atoms with Crippen LogP contribution in [0.5, 0.6) is 0 Å². The summed E-state index contributed by atoms with van der Waals surface area (Å²) in [5.41, 5.74) is -0.253. The zero-order valence-corrected chi connectivity index (χ0v) is 11.8. The Bertz CT molecular complexity index is 658. The molecule has 4 atom stereocenters. The number of hydrogen-bond donors (Lipinski definition) is 1. The van der Waals surface area contributed by atoms with Gasteiger partial charge in [-0.05, 0) is 25.0 Å². The van der Waals surface area contributed by atoms with E-state index in [2.05, 4.69) is 5.32 Å². The molecule has 3 saturated heterocycles. The van der Waals surface area contributed by atoms with Gasteiger partial charge in [-0.25, -0.2) is 0 Å². The number of rotatable bonds is 3. The summed E-state index contributed by atoms with van der Waals surface area (Å²) >= 11 is 0. The van der Waals surface area contributed by atoms with Crippen LogP contribution >= 0.6 is 0 Å². The van der Waals surface area contributed by atoms with Crippen LogP contribution in [-0.4, -0.2) is 36.1 Å². The van der Waals surface area contributed by atoms with Gasteiger partial charge in [-0.1, -0.05) is 18.2 Å². The normalized spacial score (nSPS) is 35.4. The molecule has 0 spiro atoms. The summed E-state index contributed by atoms with van der Waals surface area (Å²) < 4.78 is 10.7. The van der Waals surface area contributed by atoms with Crippen LogP contribution in [0.4, 0.5) is 0 Å². The van der Waals surface area contributed by atoms with Gasteiger partial charge in [-0.15, -0.1) is 0 Å². The number of esters is 2. The fourth-order valence-electron chi connectivity index (χ4n) is 3.87. The van der Waals surface area contributed by atoms with E-state index in [1.54, 1.807) is 24.3 Å². The smallest absolute Gasteiger partial charge is 0.320 e. The lowest BCUT2D eigenvalue weighted by Gasteiger charge is -2.29. The lowest BCUT2D eigenvalue weighted by atomic mass is 9.73. The van der Waals surface area contributed by atoms with Gasteiger partial charge in [0.2, 0.25) is 0 Å². The van der Waals surface area contributed by atoms with Crippen LogP contribution in [0.3, 0.4) is 0 Å². The zero-order valence-electron chi connectivity index (χ0n) is 11.8. The molecule has 1 N–H and O–H groups in total. The lowest BCUT2D eigenvalue weighted by Crippen LogP contribution is -2.49. The second-order valence-corrected chi connectivity index (χ2v) is 6.05. The van der Waals surface area contributed by atoms with Crippen LogP contribution < -0.4 is 5.32 Å². The first-order valence-corrected chi connectivity index (χ1v) is 7.37. The predicted octanol–water partition coefficient (Wildman–Crippen LogP) is 0.664. The van der Waals surface area contributed by atoms with Crippen molar-refractivity contribution in [3.05, 3.63) is 35.9 Å². The van der Waals surface area contributed by atoms with Crippen molar-refractivity contribution in [2.24, 2.45) is 11.8 Å². The number of carbonyl (C=O) groups is 3. The molecule has 1 aromatic rings. The molecule has 22 heavy (non-hydrogen) atoms. The first-order chi connectivity index (χ1) is 10.6. The SMILES string of the molecule is O=C(NC[C@@]12CC[C@@H](O1)[C@H]1C(=O)OC(=O)[C@@H]12)c1ccccc1. The van der Waals surface area contributed by atoms with Gasteiger partial charge >= 0.3 is 11.9 Å². The highest BCUT2D eigenvalue weighted by molar-refractivity contribution is 5.99. The van der Waals surface area contributed by atoms with E-state index in [0.717, 1.165) is 0 Å². The third kappa shape index (κ3) is 1.80. The molecule has 114 valence electrons. The van der Waals surface area contributed by atoms with Crippen LogP contribution in [0.25, 0.3) is 0 Å². The molecular formula is C16H15NO5. The quantitative estimate of drug-likeness (QED) is 0.655. The molecule has 3 fully saturated rings. The first-order valence-electron chi connectivity index (χ1n) is 7.37. The highest BCUT2D eigenvalue weighted by Gasteiger charge is 2.68. The number of cyclic esters (lactones) is 2. The van der Waals surface area contributed by atoms with Crippen LogP contribution in [0, 0.1) is 11.8 Å². The van der Waals surface area contributed by atoms with Gasteiger partial charge in [0, 0.05) is 12.1 Å². The molecule has 0 saturated carbocycles. The fourth-order valence-corrected chi connectivity index (χ4v) is 3.87. The summed E-state index contributed by atoms with van der Waals surface area (Å²) in [7, 11) is 0. The van der Waals surface area contributed by atoms with Gasteiger partial charge in [0.05, 0.1) is 12.0 Å². The molecule has 1 aromatic carbocycles. The van der Waals surface area contributed by atoms with Crippen molar-refractivity contribution in [3.8, 4) is 0 Å². The fraction of sp³-hybridized carbons (Fsp3) is 0.438. The van der Waals surface area contributed by atoms with E-state index >= 15 is 0 Å². The predicted molar refractivity (Wildman–Crippen MR) is 73.7 cm³/mol. The summed E-state index contributed by atoms with van der Waals surface area (Å²) in [6, 6.07) is 8.84. The van der Waals surface area contributed by atoms with Crippen molar-refractivity contribution in [3.63, 3.8) is 0 Å². The Morgan fingerprint density at radius 3 is 2.77 bits per heavy atom. The maximum atomic E-state index is 12.2. The molecule has 0 aromatic heterocycles. The van der Waals surface area contributed by atoms with Gasteiger partial charge < -0.3 is 14.8 Å².